The maximum absolute atomic E-state index is 13.4. The molecule has 0 spiro atoms. The van der Waals surface area contributed by atoms with Crippen LogP contribution in [0.4, 0.5) is 0 Å². The van der Waals surface area contributed by atoms with E-state index in [-0.39, 0.29) is 41.5 Å². The number of hydrogen-bond donors (Lipinski definition) is 3. The summed E-state index contributed by atoms with van der Waals surface area (Å²) in [6, 6.07) is 0. The first-order valence-corrected chi connectivity index (χ1v) is 10.2. The fourth-order valence-electron chi connectivity index (χ4n) is 7.64. The Morgan fingerprint density at radius 2 is 1.88 bits per heavy atom. The lowest BCUT2D eigenvalue weighted by Crippen LogP contribution is -2.62. The van der Waals surface area contributed by atoms with Crippen LogP contribution in [-0.4, -0.2) is 45.2 Å². The second-order valence-corrected chi connectivity index (χ2v) is 10.00. The van der Waals surface area contributed by atoms with Gasteiger partial charge in [-0.15, -0.1) is 0 Å². The maximum Gasteiger partial charge on any atom is 0.190 e. The molecule has 4 aliphatic carbocycles. The van der Waals surface area contributed by atoms with Crippen LogP contribution in [0.15, 0.2) is 0 Å². The van der Waals surface area contributed by atoms with Crippen LogP contribution in [0.2, 0.25) is 0 Å². The molecule has 6 unspecified atom stereocenters. The molecule has 146 valence electrons. The molecule has 0 radical (unpaired) electrons. The fourth-order valence-corrected chi connectivity index (χ4v) is 7.64. The maximum atomic E-state index is 13.4. The highest BCUT2D eigenvalue weighted by molar-refractivity contribution is 5.92. The quantitative estimate of drug-likeness (QED) is 0.695. The van der Waals surface area contributed by atoms with Gasteiger partial charge in [0.05, 0.1) is 6.10 Å². The van der Waals surface area contributed by atoms with Crippen molar-refractivity contribution in [2.45, 2.75) is 76.9 Å². The number of Topliss-reactive ketones (excluding diaryl/α,β-unsaturated/α-hetero) is 2. The van der Waals surface area contributed by atoms with E-state index in [1.54, 1.807) is 0 Å². The van der Waals surface area contributed by atoms with Crippen molar-refractivity contribution in [1.82, 2.24) is 0 Å². The Balaban J connectivity index is 1.70. The van der Waals surface area contributed by atoms with E-state index in [2.05, 4.69) is 6.92 Å². The second kappa shape index (κ2) is 5.86. The predicted octanol–water partition coefficient (Wildman–Crippen LogP) is 1.86. The van der Waals surface area contributed by atoms with Crippen molar-refractivity contribution in [3.05, 3.63) is 0 Å². The van der Waals surface area contributed by atoms with Gasteiger partial charge in [0.25, 0.3) is 0 Å². The van der Waals surface area contributed by atoms with Crippen LogP contribution < -0.4 is 0 Å². The van der Waals surface area contributed by atoms with E-state index in [1.165, 1.54) is 0 Å². The Morgan fingerprint density at radius 3 is 2.58 bits per heavy atom. The summed E-state index contributed by atoms with van der Waals surface area (Å²) in [5.41, 5.74) is -2.40. The zero-order valence-electron chi connectivity index (χ0n) is 15.9. The molecule has 0 aliphatic heterocycles. The Labute approximate surface area is 155 Å². The van der Waals surface area contributed by atoms with Gasteiger partial charge in [0, 0.05) is 17.8 Å². The number of hydrogen-bond acceptors (Lipinski definition) is 5. The lowest BCUT2D eigenvalue weighted by molar-refractivity contribution is -0.180. The summed E-state index contributed by atoms with van der Waals surface area (Å²) in [6.07, 6.45) is 5.47. The molecule has 4 fully saturated rings. The molecule has 3 N–H and O–H groups in total. The van der Waals surface area contributed by atoms with Crippen LogP contribution in [0.1, 0.15) is 65.2 Å². The summed E-state index contributed by atoms with van der Waals surface area (Å²) in [6.45, 7) is 3.46. The Bertz CT molecular complexity index is 632. The van der Waals surface area contributed by atoms with Gasteiger partial charge in [0.2, 0.25) is 0 Å². The fraction of sp³-hybridized carbons (Fsp3) is 0.905. The van der Waals surface area contributed by atoms with Gasteiger partial charge in [-0.3, -0.25) is 9.59 Å². The molecule has 0 aromatic rings. The van der Waals surface area contributed by atoms with E-state index in [0.29, 0.717) is 12.3 Å². The van der Waals surface area contributed by atoms with Crippen LogP contribution in [0.3, 0.4) is 0 Å². The highest BCUT2D eigenvalue weighted by Gasteiger charge is 2.68. The van der Waals surface area contributed by atoms with Crippen LogP contribution >= 0.6 is 0 Å². The molecule has 4 saturated carbocycles. The number of ketones is 2. The normalized spacial score (nSPS) is 53.6. The average Bonchev–Trinajstić information content (AvgIpc) is 2.86. The molecule has 0 aromatic carbocycles. The molecule has 0 saturated heterocycles. The molecule has 5 nitrogen and oxygen atoms in total. The highest BCUT2D eigenvalue weighted by Crippen LogP contribution is 2.67. The van der Waals surface area contributed by atoms with Crippen LogP contribution in [0.5, 0.6) is 0 Å². The van der Waals surface area contributed by atoms with Crippen molar-refractivity contribution in [1.29, 1.82) is 0 Å². The minimum absolute atomic E-state index is 0.0154. The van der Waals surface area contributed by atoms with E-state index in [1.807, 2.05) is 6.92 Å². The zero-order valence-corrected chi connectivity index (χ0v) is 15.9. The number of aliphatic hydroxyl groups excluding tert-OH is 2. The predicted molar refractivity (Wildman–Crippen MR) is 95.2 cm³/mol. The van der Waals surface area contributed by atoms with Gasteiger partial charge >= 0.3 is 0 Å². The van der Waals surface area contributed by atoms with Crippen molar-refractivity contribution >= 4 is 11.6 Å². The molecule has 0 aromatic heterocycles. The van der Waals surface area contributed by atoms with Crippen LogP contribution in [-0.2, 0) is 9.59 Å². The Hall–Kier alpha value is -0.780. The molecule has 5 heteroatoms. The van der Waals surface area contributed by atoms with E-state index in [0.717, 1.165) is 38.5 Å². The van der Waals surface area contributed by atoms with Gasteiger partial charge in [0.15, 0.2) is 5.78 Å². The third kappa shape index (κ3) is 2.20. The summed E-state index contributed by atoms with van der Waals surface area (Å²) in [7, 11) is 0. The number of rotatable bonds is 2. The first-order valence-electron chi connectivity index (χ1n) is 10.2. The molecule has 8 atom stereocenters. The van der Waals surface area contributed by atoms with Crippen molar-refractivity contribution in [2.24, 2.45) is 34.5 Å². The first-order chi connectivity index (χ1) is 12.2. The molecular weight excluding hydrogens is 332 g/mol. The van der Waals surface area contributed by atoms with Gasteiger partial charge in [-0.25, -0.2) is 0 Å². The van der Waals surface area contributed by atoms with Gasteiger partial charge in [0.1, 0.15) is 18.0 Å². The van der Waals surface area contributed by atoms with Crippen molar-refractivity contribution < 1.29 is 24.9 Å². The minimum atomic E-state index is -1.58. The van der Waals surface area contributed by atoms with E-state index in [9.17, 15) is 24.9 Å². The van der Waals surface area contributed by atoms with E-state index in [4.69, 9.17) is 0 Å². The summed E-state index contributed by atoms with van der Waals surface area (Å²) in [4.78, 5) is 25.7. The smallest absolute Gasteiger partial charge is 0.190 e. The summed E-state index contributed by atoms with van der Waals surface area (Å²) in [5, 5.41) is 30.6. The summed E-state index contributed by atoms with van der Waals surface area (Å²) < 4.78 is 0. The first kappa shape index (κ1) is 18.6. The highest BCUT2D eigenvalue weighted by atomic mass is 16.3. The Kier molecular flexibility index (Phi) is 4.18. The average molecular weight is 364 g/mol. The number of carbonyl (C=O) groups is 2. The standard InChI is InChI=1S/C21H32O5/c1-19-7-5-13(23)9-12(19)3-4-14-15-6-8-21(26,17(25)11-22)20(15,2)10-16(24)18(14)19/h12-15,18,22-23,26H,3-11H2,1-2H3/t12-,13?,14?,15?,18?,19?,20?,21-/m0/s1. The lowest BCUT2D eigenvalue weighted by atomic mass is 9.44. The number of carbonyl (C=O) groups excluding carboxylic acids is 2. The number of fused-ring (bicyclic) bond motifs is 5. The SMILES string of the molecule is CC12CCC(O)C[C@@H]1CCC1C2C(=O)CC2(C)C1CC[C@]2(O)C(=O)CO. The van der Waals surface area contributed by atoms with Crippen LogP contribution in [0.25, 0.3) is 0 Å². The molecule has 26 heavy (non-hydrogen) atoms. The molecule has 4 rings (SSSR count). The minimum Gasteiger partial charge on any atom is -0.393 e. The summed E-state index contributed by atoms with van der Waals surface area (Å²) >= 11 is 0. The second-order valence-electron chi connectivity index (χ2n) is 10.00. The van der Waals surface area contributed by atoms with Crippen LogP contribution in [0, 0.1) is 34.5 Å². The molecule has 0 bridgehead atoms. The van der Waals surface area contributed by atoms with Crippen molar-refractivity contribution in [3.63, 3.8) is 0 Å². The molecule has 0 amide bonds. The number of aliphatic hydroxyl groups is 3. The van der Waals surface area contributed by atoms with Gasteiger partial charge in [-0.05, 0) is 68.1 Å². The largest absolute Gasteiger partial charge is 0.393 e. The van der Waals surface area contributed by atoms with Gasteiger partial charge in [-0.2, -0.15) is 0 Å². The molecule has 4 aliphatic rings. The van der Waals surface area contributed by atoms with Crippen molar-refractivity contribution in [3.8, 4) is 0 Å². The van der Waals surface area contributed by atoms with E-state index >= 15 is 0 Å². The lowest BCUT2D eigenvalue weighted by Gasteiger charge is -2.60. The molecular formula is C21H32O5. The monoisotopic (exact) mass is 364 g/mol. The van der Waals surface area contributed by atoms with Gasteiger partial charge < -0.3 is 15.3 Å². The zero-order chi connectivity index (χ0) is 18.9. The molecule has 0 heterocycles. The summed E-state index contributed by atoms with van der Waals surface area (Å²) in [5.74, 6) is 0.380. The van der Waals surface area contributed by atoms with Crippen molar-refractivity contribution in [2.75, 3.05) is 6.61 Å². The van der Waals surface area contributed by atoms with Gasteiger partial charge in [-0.1, -0.05) is 13.8 Å². The van der Waals surface area contributed by atoms with E-state index < -0.39 is 23.4 Å². The Morgan fingerprint density at radius 1 is 1.15 bits per heavy atom. The topological polar surface area (TPSA) is 94.8 Å². The third-order valence-electron chi connectivity index (χ3n) is 9.08. The third-order valence-corrected chi connectivity index (χ3v) is 9.08.